The van der Waals surface area contributed by atoms with Crippen molar-refractivity contribution in [2.24, 2.45) is 5.10 Å². The minimum absolute atomic E-state index is 0.171. The number of carbonyl (C=O) groups excluding carboxylic acids is 1. The molecule has 0 aliphatic carbocycles. The van der Waals surface area contributed by atoms with Gasteiger partial charge < -0.3 is 9.47 Å². The third-order valence-corrected chi connectivity index (χ3v) is 4.41. The summed E-state index contributed by atoms with van der Waals surface area (Å²) in [5, 5.41) is 15.7. The van der Waals surface area contributed by atoms with Crippen LogP contribution in [0.1, 0.15) is 5.56 Å². The van der Waals surface area contributed by atoms with Gasteiger partial charge in [-0.2, -0.15) is 9.90 Å². The van der Waals surface area contributed by atoms with Crippen LogP contribution in [0.2, 0.25) is 0 Å². The van der Waals surface area contributed by atoms with Crippen LogP contribution in [0.15, 0.2) is 46.0 Å². The molecule has 3 aromatic rings. The molecular formula is C17H12BrFN6O3. The smallest absolute Gasteiger partial charge is 0.263 e. The molecule has 0 unspecified atom stereocenters. The second kappa shape index (κ2) is 7.72. The van der Waals surface area contributed by atoms with E-state index in [1.165, 1.54) is 30.5 Å². The summed E-state index contributed by atoms with van der Waals surface area (Å²) in [6.45, 7) is -0.00222. The zero-order valence-corrected chi connectivity index (χ0v) is 15.8. The van der Waals surface area contributed by atoms with Gasteiger partial charge >= 0.3 is 0 Å². The lowest BCUT2D eigenvalue weighted by molar-refractivity contribution is -0.122. The average molecular weight is 447 g/mol. The van der Waals surface area contributed by atoms with Gasteiger partial charge in [0.05, 0.1) is 6.21 Å². The third-order valence-electron chi connectivity index (χ3n) is 3.73. The lowest BCUT2D eigenvalue weighted by Gasteiger charge is -2.02. The van der Waals surface area contributed by atoms with Crippen LogP contribution in [0, 0.1) is 5.82 Å². The summed E-state index contributed by atoms with van der Waals surface area (Å²) in [6, 6.07) is 9.17. The first kappa shape index (κ1) is 18.0. The molecule has 0 spiro atoms. The Bertz CT molecular complexity index is 1050. The van der Waals surface area contributed by atoms with E-state index in [2.05, 4.69) is 41.9 Å². The van der Waals surface area contributed by atoms with Crippen LogP contribution in [0.4, 0.5) is 4.39 Å². The first-order valence-corrected chi connectivity index (χ1v) is 8.82. The summed E-state index contributed by atoms with van der Waals surface area (Å²) >= 11 is 3.40. The van der Waals surface area contributed by atoms with E-state index < -0.39 is 5.91 Å². The molecule has 0 fully saturated rings. The van der Waals surface area contributed by atoms with Crippen LogP contribution in [-0.4, -0.2) is 39.1 Å². The summed E-state index contributed by atoms with van der Waals surface area (Å²) in [7, 11) is 0. The van der Waals surface area contributed by atoms with E-state index >= 15 is 0 Å². The number of aromatic nitrogens is 4. The molecule has 0 radical (unpaired) electrons. The zero-order valence-electron chi connectivity index (χ0n) is 14.2. The minimum Gasteiger partial charge on any atom is -0.454 e. The largest absolute Gasteiger partial charge is 0.454 e. The second-order valence-corrected chi connectivity index (χ2v) is 6.52. The van der Waals surface area contributed by atoms with E-state index in [4.69, 9.17) is 9.47 Å². The molecule has 28 heavy (non-hydrogen) atoms. The molecule has 9 nitrogen and oxygen atoms in total. The maximum atomic E-state index is 13.0. The van der Waals surface area contributed by atoms with Crippen LogP contribution in [0.5, 0.6) is 11.5 Å². The Labute approximate surface area is 166 Å². The van der Waals surface area contributed by atoms with E-state index in [-0.39, 0.29) is 19.2 Å². The number of benzene rings is 2. The Morgan fingerprint density at radius 2 is 2.04 bits per heavy atom. The summed E-state index contributed by atoms with van der Waals surface area (Å²) in [4.78, 5) is 13.1. The van der Waals surface area contributed by atoms with Gasteiger partial charge in [-0.05, 0) is 57.5 Å². The predicted molar refractivity (Wildman–Crippen MR) is 99.2 cm³/mol. The standard InChI is InChI=1S/C17H12BrFN6O3/c18-13-6-15-14(27-9-28-15)5-11(13)7-20-21-16(26)8-25-23-17(22-24-25)10-1-3-12(19)4-2-10/h1-7H,8-9H2,(H,21,26)/b20-7+. The molecular weight excluding hydrogens is 435 g/mol. The van der Waals surface area contributed by atoms with Gasteiger partial charge in [0.1, 0.15) is 12.4 Å². The van der Waals surface area contributed by atoms with E-state index in [0.29, 0.717) is 28.5 Å². The first-order valence-electron chi connectivity index (χ1n) is 8.03. The summed E-state index contributed by atoms with van der Waals surface area (Å²) in [5.41, 5.74) is 3.70. The molecule has 1 aliphatic heterocycles. The third kappa shape index (κ3) is 3.98. The molecule has 0 saturated heterocycles. The van der Waals surface area contributed by atoms with Crippen molar-refractivity contribution >= 4 is 28.1 Å². The maximum Gasteiger partial charge on any atom is 0.263 e. The van der Waals surface area contributed by atoms with Gasteiger partial charge in [-0.25, -0.2) is 9.82 Å². The van der Waals surface area contributed by atoms with Crippen molar-refractivity contribution in [3.05, 3.63) is 52.3 Å². The number of ether oxygens (including phenoxy) is 2. The highest BCUT2D eigenvalue weighted by Crippen LogP contribution is 2.36. The fourth-order valence-electron chi connectivity index (χ4n) is 2.39. The molecule has 2 heterocycles. The van der Waals surface area contributed by atoms with E-state index in [1.807, 2.05) is 0 Å². The number of tetrazole rings is 1. The van der Waals surface area contributed by atoms with Gasteiger partial charge in [-0.15, -0.1) is 10.2 Å². The number of halogens is 2. The minimum atomic E-state index is -0.434. The fraction of sp³-hybridized carbons (Fsp3) is 0.118. The van der Waals surface area contributed by atoms with Gasteiger partial charge in [0.2, 0.25) is 12.6 Å². The Morgan fingerprint density at radius 3 is 2.82 bits per heavy atom. The topological polar surface area (TPSA) is 104 Å². The Balaban J connectivity index is 1.36. The highest BCUT2D eigenvalue weighted by atomic mass is 79.9. The van der Waals surface area contributed by atoms with Crippen molar-refractivity contribution < 1.29 is 18.7 Å². The normalized spacial score (nSPS) is 12.5. The number of hydrogen-bond acceptors (Lipinski definition) is 7. The molecule has 1 N–H and O–H groups in total. The van der Waals surface area contributed by atoms with Crippen LogP contribution >= 0.6 is 15.9 Å². The lowest BCUT2D eigenvalue weighted by Crippen LogP contribution is -2.24. The number of carbonyl (C=O) groups is 1. The van der Waals surface area contributed by atoms with Crippen molar-refractivity contribution in [3.8, 4) is 22.9 Å². The number of amides is 1. The van der Waals surface area contributed by atoms with Crippen molar-refractivity contribution in [2.75, 3.05) is 6.79 Å². The Kier molecular flexibility index (Phi) is 4.98. The molecule has 11 heteroatoms. The van der Waals surface area contributed by atoms with Crippen LogP contribution in [0.3, 0.4) is 0 Å². The van der Waals surface area contributed by atoms with Crippen molar-refractivity contribution in [2.45, 2.75) is 6.54 Å². The maximum absolute atomic E-state index is 13.0. The highest BCUT2D eigenvalue weighted by Gasteiger charge is 2.15. The second-order valence-electron chi connectivity index (χ2n) is 5.67. The lowest BCUT2D eigenvalue weighted by atomic mass is 10.2. The SMILES string of the molecule is O=C(Cn1nnc(-c2ccc(F)cc2)n1)N/N=C/c1cc2c(cc1Br)OCO2. The fourth-order valence-corrected chi connectivity index (χ4v) is 2.82. The molecule has 0 saturated carbocycles. The number of fused-ring (bicyclic) bond motifs is 1. The number of hydrazone groups is 1. The molecule has 0 atom stereocenters. The summed E-state index contributed by atoms with van der Waals surface area (Å²) in [5.74, 6) is 0.748. The van der Waals surface area contributed by atoms with Crippen LogP contribution < -0.4 is 14.9 Å². The molecule has 1 aliphatic rings. The highest BCUT2D eigenvalue weighted by molar-refractivity contribution is 9.10. The Hall–Kier alpha value is -3.34. The summed E-state index contributed by atoms with van der Waals surface area (Å²) < 4.78 is 24.3. The van der Waals surface area contributed by atoms with Crippen LogP contribution in [0.25, 0.3) is 11.4 Å². The van der Waals surface area contributed by atoms with Crippen LogP contribution in [-0.2, 0) is 11.3 Å². The first-order chi connectivity index (χ1) is 13.6. The molecule has 1 amide bonds. The van der Waals surface area contributed by atoms with Gasteiger partial charge in [0, 0.05) is 15.6 Å². The quantitative estimate of drug-likeness (QED) is 0.475. The van der Waals surface area contributed by atoms with Crippen molar-refractivity contribution in [1.29, 1.82) is 0 Å². The van der Waals surface area contributed by atoms with Gasteiger partial charge in [-0.1, -0.05) is 0 Å². The van der Waals surface area contributed by atoms with Crippen molar-refractivity contribution in [1.82, 2.24) is 25.6 Å². The van der Waals surface area contributed by atoms with E-state index in [0.717, 1.165) is 9.27 Å². The molecule has 4 rings (SSSR count). The molecule has 142 valence electrons. The Morgan fingerprint density at radius 1 is 1.29 bits per heavy atom. The van der Waals surface area contributed by atoms with Gasteiger partial charge in [-0.3, -0.25) is 4.79 Å². The number of nitrogens with one attached hydrogen (secondary N) is 1. The molecule has 0 bridgehead atoms. The van der Waals surface area contributed by atoms with Crippen molar-refractivity contribution in [3.63, 3.8) is 0 Å². The molecule has 2 aromatic carbocycles. The van der Waals surface area contributed by atoms with E-state index in [1.54, 1.807) is 12.1 Å². The predicted octanol–water partition coefficient (Wildman–Crippen LogP) is 2.12. The van der Waals surface area contributed by atoms with Gasteiger partial charge in [0.25, 0.3) is 5.91 Å². The zero-order chi connectivity index (χ0) is 19.5. The molecule has 1 aromatic heterocycles. The van der Waals surface area contributed by atoms with E-state index in [9.17, 15) is 9.18 Å². The number of hydrogen-bond donors (Lipinski definition) is 1. The summed E-state index contributed by atoms with van der Waals surface area (Å²) in [6.07, 6.45) is 1.47. The van der Waals surface area contributed by atoms with Gasteiger partial charge in [0.15, 0.2) is 11.5 Å². The average Bonchev–Trinajstić information content (AvgIpc) is 3.31. The number of nitrogens with zero attached hydrogens (tertiary/aromatic N) is 5. The number of rotatable bonds is 5. The monoisotopic (exact) mass is 446 g/mol.